The second-order valence-corrected chi connectivity index (χ2v) is 6.15. The molecular weight excluding hydrogens is 300 g/mol. The van der Waals surface area contributed by atoms with Gasteiger partial charge in [-0.2, -0.15) is 0 Å². The number of rotatable bonds is 2. The molecule has 0 spiro atoms. The normalized spacial score (nSPS) is 19.9. The molecule has 1 atom stereocenters. The lowest BCUT2D eigenvalue weighted by molar-refractivity contribution is 0.0981. The van der Waals surface area contributed by atoms with Gasteiger partial charge in [0.05, 0.1) is 6.10 Å². The van der Waals surface area contributed by atoms with Crippen molar-refractivity contribution >= 4 is 27.5 Å². The second kappa shape index (κ2) is 6.21. The highest BCUT2D eigenvalue weighted by molar-refractivity contribution is 9.10. The van der Waals surface area contributed by atoms with E-state index in [0.717, 1.165) is 22.9 Å². The maximum Gasteiger partial charge on any atom is 0.0829 e. The van der Waals surface area contributed by atoms with Crippen LogP contribution in [-0.4, -0.2) is 5.11 Å². The van der Waals surface area contributed by atoms with Gasteiger partial charge < -0.3 is 5.11 Å². The SMILES string of the molecule is OC(c1cc(Cl)ccc1Br)C1CCCCCC1. The lowest BCUT2D eigenvalue weighted by Crippen LogP contribution is -2.12. The summed E-state index contributed by atoms with van der Waals surface area (Å²) in [5.74, 6) is 0.382. The molecule has 1 unspecified atom stereocenters. The predicted molar refractivity (Wildman–Crippen MR) is 75.3 cm³/mol. The van der Waals surface area contributed by atoms with Crippen LogP contribution in [0.2, 0.25) is 5.02 Å². The molecule has 0 radical (unpaired) electrons. The van der Waals surface area contributed by atoms with Crippen molar-refractivity contribution in [3.63, 3.8) is 0 Å². The molecule has 0 heterocycles. The molecule has 1 aromatic rings. The van der Waals surface area contributed by atoms with Crippen LogP contribution in [0, 0.1) is 5.92 Å². The first kappa shape index (κ1) is 13.4. The molecule has 94 valence electrons. The molecule has 1 aromatic carbocycles. The summed E-state index contributed by atoms with van der Waals surface area (Å²) in [6, 6.07) is 5.63. The van der Waals surface area contributed by atoms with Gasteiger partial charge >= 0.3 is 0 Å². The fraction of sp³-hybridized carbons (Fsp3) is 0.571. The van der Waals surface area contributed by atoms with E-state index in [1.54, 1.807) is 0 Å². The van der Waals surface area contributed by atoms with Crippen LogP contribution in [0.4, 0.5) is 0 Å². The van der Waals surface area contributed by atoms with Crippen molar-refractivity contribution in [3.8, 4) is 0 Å². The van der Waals surface area contributed by atoms with Gasteiger partial charge in [0, 0.05) is 9.50 Å². The van der Waals surface area contributed by atoms with Crippen molar-refractivity contribution in [2.75, 3.05) is 0 Å². The molecule has 1 fully saturated rings. The highest BCUT2D eigenvalue weighted by Crippen LogP contribution is 2.37. The first-order valence-corrected chi connectivity index (χ1v) is 7.48. The zero-order valence-electron chi connectivity index (χ0n) is 9.83. The summed E-state index contributed by atoms with van der Waals surface area (Å²) in [7, 11) is 0. The fourth-order valence-electron chi connectivity index (χ4n) is 2.62. The van der Waals surface area contributed by atoms with Crippen LogP contribution >= 0.6 is 27.5 Å². The summed E-state index contributed by atoms with van der Waals surface area (Å²) in [6.07, 6.45) is 6.95. The minimum atomic E-state index is -0.388. The van der Waals surface area contributed by atoms with Gasteiger partial charge in [-0.05, 0) is 42.5 Å². The van der Waals surface area contributed by atoms with E-state index in [-0.39, 0.29) is 6.10 Å². The number of aliphatic hydroxyl groups excluding tert-OH is 1. The number of hydrogen-bond acceptors (Lipinski definition) is 1. The summed E-state index contributed by atoms with van der Waals surface area (Å²) < 4.78 is 0.957. The summed E-state index contributed by atoms with van der Waals surface area (Å²) in [5, 5.41) is 11.2. The minimum absolute atomic E-state index is 0.382. The van der Waals surface area contributed by atoms with Crippen molar-refractivity contribution < 1.29 is 5.11 Å². The molecule has 0 aromatic heterocycles. The Kier molecular flexibility index (Phi) is 4.89. The number of halogens is 2. The molecule has 0 bridgehead atoms. The minimum Gasteiger partial charge on any atom is -0.388 e. The standard InChI is InChI=1S/C14H18BrClO/c15-13-8-7-11(16)9-12(13)14(17)10-5-3-1-2-4-6-10/h7-10,14,17H,1-6H2. The molecule has 1 N–H and O–H groups in total. The van der Waals surface area contributed by atoms with Gasteiger partial charge in [-0.15, -0.1) is 0 Å². The van der Waals surface area contributed by atoms with Crippen LogP contribution in [-0.2, 0) is 0 Å². The van der Waals surface area contributed by atoms with Crippen molar-refractivity contribution in [1.29, 1.82) is 0 Å². The topological polar surface area (TPSA) is 20.2 Å². The van der Waals surface area contributed by atoms with Gasteiger partial charge in [-0.3, -0.25) is 0 Å². The Labute approximate surface area is 116 Å². The van der Waals surface area contributed by atoms with Gasteiger partial charge in [0.25, 0.3) is 0 Å². The van der Waals surface area contributed by atoms with Crippen LogP contribution in [0.15, 0.2) is 22.7 Å². The molecule has 3 heteroatoms. The summed E-state index contributed by atoms with van der Waals surface area (Å²) in [5.41, 5.74) is 0.935. The molecule has 2 rings (SSSR count). The molecule has 0 aliphatic heterocycles. The lowest BCUT2D eigenvalue weighted by Gasteiger charge is -2.22. The van der Waals surface area contributed by atoms with E-state index in [4.69, 9.17) is 11.6 Å². The van der Waals surface area contributed by atoms with Gasteiger partial charge in [0.15, 0.2) is 0 Å². The Balaban J connectivity index is 2.16. The molecule has 0 amide bonds. The van der Waals surface area contributed by atoms with Gasteiger partial charge in [0.2, 0.25) is 0 Å². The van der Waals surface area contributed by atoms with E-state index in [1.807, 2.05) is 18.2 Å². The molecule has 0 saturated heterocycles. The van der Waals surface area contributed by atoms with Crippen LogP contribution in [0.25, 0.3) is 0 Å². The lowest BCUT2D eigenvalue weighted by atomic mass is 9.89. The van der Waals surface area contributed by atoms with Crippen LogP contribution in [0.1, 0.15) is 50.2 Å². The predicted octanol–water partition coefficient (Wildman–Crippen LogP) is 5.11. The summed E-state index contributed by atoms with van der Waals surface area (Å²) in [6.45, 7) is 0. The molecule has 17 heavy (non-hydrogen) atoms. The first-order valence-electron chi connectivity index (χ1n) is 6.31. The van der Waals surface area contributed by atoms with Crippen LogP contribution in [0.5, 0.6) is 0 Å². The Bertz CT molecular complexity index is 372. The zero-order valence-corrected chi connectivity index (χ0v) is 12.2. The quantitative estimate of drug-likeness (QED) is 0.752. The van der Waals surface area contributed by atoms with E-state index in [1.165, 1.54) is 25.7 Å². The van der Waals surface area contributed by atoms with E-state index in [2.05, 4.69) is 15.9 Å². The maximum absolute atomic E-state index is 10.5. The third kappa shape index (κ3) is 3.46. The fourth-order valence-corrected chi connectivity index (χ4v) is 3.28. The average molecular weight is 318 g/mol. The van der Waals surface area contributed by atoms with Crippen LogP contribution in [0.3, 0.4) is 0 Å². The highest BCUT2D eigenvalue weighted by atomic mass is 79.9. The monoisotopic (exact) mass is 316 g/mol. The van der Waals surface area contributed by atoms with Crippen molar-refractivity contribution in [2.45, 2.75) is 44.6 Å². The maximum atomic E-state index is 10.5. The molecule has 1 aliphatic carbocycles. The van der Waals surface area contributed by atoms with E-state index in [9.17, 15) is 5.11 Å². The smallest absolute Gasteiger partial charge is 0.0829 e. The Morgan fingerprint density at radius 3 is 2.47 bits per heavy atom. The molecule has 1 saturated carbocycles. The van der Waals surface area contributed by atoms with Crippen molar-refractivity contribution in [1.82, 2.24) is 0 Å². The number of hydrogen-bond donors (Lipinski definition) is 1. The average Bonchev–Trinajstić information content (AvgIpc) is 2.60. The van der Waals surface area contributed by atoms with Crippen molar-refractivity contribution in [2.24, 2.45) is 5.92 Å². The Morgan fingerprint density at radius 2 is 1.82 bits per heavy atom. The zero-order chi connectivity index (χ0) is 12.3. The summed E-state index contributed by atoms with van der Waals surface area (Å²) >= 11 is 9.50. The van der Waals surface area contributed by atoms with E-state index in [0.29, 0.717) is 10.9 Å². The second-order valence-electron chi connectivity index (χ2n) is 4.86. The van der Waals surface area contributed by atoms with Gasteiger partial charge in [-0.25, -0.2) is 0 Å². The first-order chi connectivity index (χ1) is 8.18. The third-order valence-corrected chi connectivity index (χ3v) is 4.58. The number of benzene rings is 1. The van der Waals surface area contributed by atoms with Gasteiger partial charge in [0.1, 0.15) is 0 Å². The van der Waals surface area contributed by atoms with Crippen LogP contribution < -0.4 is 0 Å². The van der Waals surface area contributed by atoms with E-state index < -0.39 is 0 Å². The largest absolute Gasteiger partial charge is 0.388 e. The number of aliphatic hydroxyl groups is 1. The summed E-state index contributed by atoms with van der Waals surface area (Å²) in [4.78, 5) is 0. The van der Waals surface area contributed by atoms with Crippen molar-refractivity contribution in [3.05, 3.63) is 33.3 Å². The Hall–Kier alpha value is -0.0500. The highest BCUT2D eigenvalue weighted by Gasteiger charge is 2.23. The molecular formula is C14H18BrClO. The van der Waals surface area contributed by atoms with E-state index >= 15 is 0 Å². The third-order valence-electron chi connectivity index (χ3n) is 3.62. The van der Waals surface area contributed by atoms with Gasteiger partial charge in [-0.1, -0.05) is 53.2 Å². The Morgan fingerprint density at radius 1 is 1.18 bits per heavy atom. The molecule has 1 aliphatic rings. The molecule has 1 nitrogen and oxygen atoms in total.